The van der Waals surface area contributed by atoms with Crippen molar-refractivity contribution < 1.29 is 9.18 Å². The number of carbonyl (C=O) groups excluding carboxylic acids is 1. The summed E-state index contributed by atoms with van der Waals surface area (Å²) in [6.07, 6.45) is 1.87. The summed E-state index contributed by atoms with van der Waals surface area (Å²) in [5.74, 6) is 0.0632. The molecule has 7 nitrogen and oxygen atoms in total. The number of hydrogen-bond acceptors (Lipinski definition) is 6. The van der Waals surface area contributed by atoms with E-state index >= 15 is 0 Å². The first kappa shape index (κ1) is 15.1. The zero-order valence-corrected chi connectivity index (χ0v) is 12.9. The Bertz CT molecular complexity index is 830. The fourth-order valence-electron chi connectivity index (χ4n) is 1.93. The van der Waals surface area contributed by atoms with E-state index in [-0.39, 0.29) is 17.7 Å². The van der Waals surface area contributed by atoms with Crippen LogP contribution in [0.25, 0.3) is 0 Å². The number of halogens is 1. The van der Waals surface area contributed by atoms with Crippen LogP contribution in [0.2, 0.25) is 0 Å². The van der Waals surface area contributed by atoms with Crippen molar-refractivity contribution in [2.45, 2.75) is 6.42 Å². The summed E-state index contributed by atoms with van der Waals surface area (Å²) in [7, 11) is 1.73. The number of anilines is 2. The van der Waals surface area contributed by atoms with Crippen molar-refractivity contribution in [1.82, 2.24) is 20.2 Å². The molecule has 118 valence electrons. The predicted octanol–water partition coefficient (Wildman–Crippen LogP) is 2.29. The number of aromatic amines is 1. The summed E-state index contributed by atoms with van der Waals surface area (Å²) < 4.78 is 13.2. The lowest BCUT2D eigenvalue weighted by Gasteiger charge is -1.98. The highest BCUT2D eigenvalue weighted by Crippen LogP contribution is 2.18. The minimum absolute atomic E-state index is 0.167. The van der Waals surface area contributed by atoms with E-state index in [2.05, 4.69) is 30.8 Å². The second-order valence-electron chi connectivity index (χ2n) is 4.65. The molecule has 0 fully saturated rings. The molecule has 0 unspecified atom stereocenters. The van der Waals surface area contributed by atoms with Crippen LogP contribution in [0.1, 0.15) is 21.1 Å². The summed E-state index contributed by atoms with van der Waals surface area (Å²) in [4.78, 5) is 20.7. The lowest BCUT2D eigenvalue weighted by Crippen LogP contribution is -2.11. The fraction of sp³-hybridized carbons (Fsp3) is 0.143. The molecule has 0 atom stereocenters. The molecule has 2 heterocycles. The van der Waals surface area contributed by atoms with Crippen molar-refractivity contribution in [3.63, 3.8) is 0 Å². The van der Waals surface area contributed by atoms with Crippen molar-refractivity contribution in [3.8, 4) is 0 Å². The Hall–Kier alpha value is -2.81. The molecule has 0 aliphatic rings. The summed E-state index contributed by atoms with van der Waals surface area (Å²) >= 11 is 1.23. The Morgan fingerprint density at radius 1 is 1.43 bits per heavy atom. The molecular weight excluding hydrogens is 319 g/mol. The molecule has 0 saturated heterocycles. The Morgan fingerprint density at radius 2 is 2.30 bits per heavy atom. The number of rotatable bonds is 5. The van der Waals surface area contributed by atoms with Gasteiger partial charge in [0.2, 0.25) is 5.95 Å². The van der Waals surface area contributed by atoms with Gasteiger partial charge < -0.3 is 5.32 Å². The van der Waals surface area contributed by atoms with Crippen LogP contribution in [0.5, 0.6) is 0 Å². The standard InChI is InChI=1S/C14H13FN6OS/c1-16-14-17-7-10(23-14)12(22)19-13-18-11(20-21-13)6-8-3-2-4-9(15)5-8/h2-5,7H,6H2,1H3,(H,16,17)(H2,18,19,20,21,22). The summed E-state index contributed by atoms with van der Waals surface area (Å²) in [5, 5.41) is 12.8. The minimum atomic E-state index is -0.333. The van der Waals surface area contributed by atoms with Gasteiger partial charge in [0.15, 0.2) is 5.13 Å². The van der Waals surface area contributed by atoms with Gasteiger partial charge in [0.25, 0.3) is 5.91 Å². The first-order valence-corrected chi connectivity index (χ1v) is 7.56. The van der Waals surface area contributed by atoms with Gasteiger partial charge in [-0.1, -0.05) is 23.5 Å². The first-order valence-electron chi connectivity index (χ1n) is 6.74. The monoisotopic (exact) mass is 332 g/mol. The highest BCUT2D eigenvalue weighted by Gasteiger charge is 2.13. The lowest BCUT2D eigenvalue weighted by atomic mass is 10.1. The molecule has 9 heteroatoms. The molecule has 0 bridgehead atoms. The number of carbonyl (C=O) groups is 1. The number of aromatic nitrogens is 4. The third-order valence-electron chi connectivity index (χ3n) is 2.96. The van der Waals surface area contributed by atoms with Crippen molar-refractivity contribution >= 4 is 28.3 Å². The molecular formula is C14H13FN6OS. The third-order valence-corrected chi connectivity index (χ3v) is 3.97. The highest BCUT2D eigenvalue weighted by molar-refractivity contribution is 7.17. The van der Waals surface area contributed by atoms with Gasteiger partial charge in [-0.15, -0.1) is 5.10 Å². The number of benzene rings is 1. The second kappa shape index (κ2) is 6.53. The van der Waals surface area contributed by atoms with Gasteiger partial charge in [0.1, 0.15) is 16.5 Å². The average molecular weight is 332 g/mol. The summed E-state index contributed by atoms with van der Waals surface area (Å²) in [6, 6.07) is 6.23. The van der Waals surface area contributed by atoms with Gasteiger partial charge in [0.05, 0.1) is 6.20 Å². The SMILES string of the molecule is CNc1ncc(C(=O)Nc2n[nH]c(Cc3cccc(F)c3)n2)s1. The number of amides is 1. The van der Waals surface area contributed by atoms with Gasteiger partial charge in [-0.3, -0.25) is 15.2 Å². The Morgan fingerprint density at radius 3 is 3.04 bits per heavy atom. The van der Waals surface area contributed by atoms with Crippen molar-refractivity contribution in [2.75, 3.05) is 17.7 Å². The maximum absolute atomic E-state index is 13.2. The zero-order chi connectivity index (χ0) is 16.2. The van der Waals surface area contributed by atoms with Crippen LogP contribution in [0, 0.1) is 5.82 Å². The quantitative estimate of drug-likeness (QED) is 0.666. The zero-order valence-electron chi connectivity index (χ0n) is 12.1. The molecule has 1 aromatic carbocycles. The average Bonchev–Trinajstić information content (AvgIpc) is 3.16. The summed E-state index contributed by atoms with van der Waals surface area (Å²) in [5.41, 5.74) is 0.764. The summed E-state index contributed by atoms with van der Waals surface area (Å²) in [6.45, 7) is 0. The van der Waals surface area contributed by atoms with Crippen molar-refractivity contribution in [2.24, 2.45) is 0 Å². The van der Waals surface area contributed by atoms with Crippen LogP contribution in [0.4, 0.5) is 15.5 Å². The van der Waals surface area contributed by atoms with E-state index in [1.807, 2.05) is 0 Å². The van der Waals surface area contributed by atoms with E-state index in [4.69, 9.17) is 0 Å². The van der Waals surface area contributed by atoms with Gasteiger partial charge in [-0.25, -0.2) is 9.37 Å². The minimum Gasteiger partial charge on any atom is -0.365 e. The molecule has 2 aromatic heterocycles. The molecule has 0 radical (unpaired) electrons. The second-order valence-corrected chi connectivity index (χ2v) is 5.68. The van der Waals surface area contributed by atoms with E-state index in [9.17, 15) is 9.18 Å². The van der Waals surface area contributed by atoms with E-state index in [1.54, 1.807) is 19.2 Å². The van der Waals surface area contributed by atoms with Crippen LogP contribution < -0.4 is 10.6 Å². The van der Waals surface area contributed by atoms with Gasteiger partial charge in [-0.05, 0) is 17.7 Å². The Labute approximate surface area is 135 Å². The molecule has 0 aliphatic heterocycles. The van der Waals surface area contributed by atoms with Gasteiger partial charge in [-0.2, -0.15) is 4.98 Å². The van der Waals surface area contributed by atoms with E-state index in [0.29, 0.717) is 22.3 Å². The maximum atomic E-state index is 13.2. The number of nitrogens with zero attached hydrogens (tertiary/aromatic N) is 3. The Balaban J connectivity index is 1.66. The number of H-pyrrole nitrogens is 1. The van der Waals surface area contributed by atoms with E-state index in [0.717, 1.165) is 5.56 Å². The van der Waals surface area contributed by atoms with Crippen LogP contribution >= 0.6 is 11.3 Å². The fourth-order valence-corrected chi connectivity index (χ4v) is 2.59. The molecule has 3 N–H and O–H groups in total. The molecule has 3 aromatic rings. The third kappa shape index (κ3) is 3.69. The number of hydrogen-bond donors (Lipinski definition) is 3. The molecule has 23 heavy (non-hydrogen) atoms. The maximum Gasteiger partial charge on any atom is 0.269 e. The predicted molar refractivity (Wildman–Crippen MR) is 85.2 cm³/mol. The lowest BCUT2D eigenvalue weighted by molar-refractivity contribution is 0.102. The van der Waals surface area contributed by atoms with Crippen molar-refractivity contribution in [1.29, 1.82) is 0 Å². The molecule has 0 saturated carbocycles. The van der Waals surface area contributed by atoms with Gasteiger partial charge in [0, 0.05) is 13.5 Å². The molecule has 3 rings (SSSR count). The van der Waals surface area contributed by atoms with Crippen LogP contribution in [-0.2, 0) is 6.42 Å². The molecule has 0 spiro atoms. The highest BCUT2D eigenvalue weighted by atomic mass is 32.1. The Kier molecular flexibility index (Phi) is 4.29. The number of nitrogens with one attached hydrogen (secondary N) is 3. The van der Waals surface area contributed by atoms with Crippen LogP contribution in [-0.4, -0.2) is 33.1 Å². The van der Waals surface area contributed by atoms with Crippen LogP contribution in [0.15, 0.2) is 30.5 Å². The van der Waals surface area contributed by atoms with Crippen LogP contribution in [0.3, 0.4) is 0 Å². The number of thiazole rings is 1. The first-order chi connectivity index (χ1) is 11.1. The van der Waals surface area contributed by atoms with Crippen molar-refractivity contribution in [3.05, 3.63) is 52.5 Å². The van der Waals surface area contributed by atoms with E-state index < -0.39 is 0 Å². The molecule has 1 amide bonds. The molecule has 0 aliphatic carbocycles. The largest absolute Gasteiger partial charge is 0.365 e. The van der Waals surface area contributed by atoms with Gasteiger partial charge >= 0.3 is 0 Å². The topological polar surface area (TPSA) is 95.6 Å². The normalized spacial score (nSPS) is 10.5. The smallest absolute Gasteiger partial charge is 0.269 e. The van der Waals surface area contributed by atoms with E-state index in [1.165, 1.54) is 29.7 Å².